The number of imidazole rings is 1. The molecule has 0 radical (unpaired) electrons. The summed E-state index contributed by atoms with van der Waals surface area (Å²) in [6, 6.07) is 0. The Morgan fingerprint density at radius 1 is 1.33 bits per heavy atom. The van der Waals surface area contributed by atoms with Crippen molar-refractivity contribution in [3.63, 3.8) is 0 Å². The van der Waals surface area contributed by atoms with Gasteiger partial charge in [-0.25, -0.2) is 18.6 Å². The minimum atomic E-state index is -3.20. The van der Waals surface area contributed by atoms with Gasteiger partial charge in [0.2, 0.25) is 5.91 Å². The van der Waals surface area contributed by atoms with Crippen molar-refractivity contribution in [3.8, 4) is 0 Å². The molecule has 0 saturated heterocycles. The summed E-state index contributed by atoms with van der Waals surface area (Å²) in [5.74, 6) is -3.93. The summed E-state index contributed by atoms with van der Waals surface area (Å²) >= 11 is 0. The van der Waals surface area contributed by atoms with Crippen LogP contribution >= 0.6 is 12.4 Å². The van der Waals surface area contributed by atoms with Crippen LogP contribution in [0.4, 0.5) is 8.78 Å². The third kappa shape index (κ3) is 3.62. The van der Waals surface area contributed by atoms with E-state index in [0.717, 1.165) is 9.13 Å². The molecular weight excluding hydrogens is 350 g/mol. The number of carbonyl (C=O) groups excluding carboxylic acids is 1. The van der Waals surface area contributed by atoms with Gasteiger partial charge >= 0.3 is 5.69 Å². The number of nitrogens with two attached hydrogens (primary N) is 1. The van der Waals surface area contributed by atoms with Gasteiger partial charge in [-0.05, 0) is 0 Å². The fourth-order valence-electron chi connectivity index (χ4n) is 2.03. The van der Waals surface area contributed by atoms with Gasteiger partial charge in [0, 0.05) is 14.1 Å². The van der Waals surface area contributed by atoms with E-state index in [-0.39, 0.29) is 30.1 Å². The second-order valence-electron chi connectivity index (χ2n) is 5.09. The molecule has 9 nitrogen and oxygen atoms in total. The van der Waals surface area contributed by atoms with Crippen LogP contribution in [0.3, 0.4) is 0 Å². The summed E-state index contributed by atoms with van der Waals surface area (Å²) < 4.78 is 29.3. The van der Waals surface area contributed by atoms with E-state index >= 15 is 0 Å². The fourth-order valence-corrected chi connectivity index (χ4v) is 2.03. The van der Waals surface area contributed by atoms with Gasteiger partial charge in [-0.2, -0.15) is 0 Å². The molecule has 0 aliphatic rings. The molecule has 1 amide bonds. The summed E-state index contributed by atoms with van der Waals surface area (Å²) in [5, 5.41) is 2.04. The zero-order valence-corrected chi connectivity index (χ0v) is 13.8. The Kier molecular flexibility index (Phi) is 5.84. The molecule has 0 aromatic carbocycles. The Morgan fingerprint density at radius 3 is 2.54 bits per heavy atom. The van der Waals surface area contributed by atoms with Crippen molar-refractivity contribution in [2.75, 3.05) is 13.1 Å². The highest BCUT2D eigenvalue weighted by molar-refractivity contribution is 5.85. The number of nitrogens with zero attached hydrogens (tertiary/aromatic N) is 4. The summed E-state index contributed by atoms with van der Waals surface area (Å²) in [6.45, 7) is -2.17. The lowest BCUT2D eigenvalue weighted by atomic mass is 10.3. The topological polar surface area (TPSA) is 117 Å². The van der Waals surface area contributed by atoms with Crippen LogP contribution in [-0.2, 0) is 25.4 Å². The quantitative estimate of drug-likeness (QED) is 0.672. The zero-order valence-electron chi connectivity index (χ0n) is 13.0. The highest BCUT2D eigenvalue weighted by Gasteiger charge is 2.27. The maximum absolute atomic E-state index is 13.0. The van der Waals surface area contributed by atoms with Crippen LogP contribution in [0.1, 0.15) is 0 Å². The van der Waals surface area contributed by atoms with Crippen LogP contribution in [0.2, 0.25) is 0 Å². The summed E-state index contributed by atoms with van der Waals surface area (Å²) in [5.41, 5.74) is 3.84. The maximum atomic E-state index is 13.0. The van der Waals surface area contributed by atoms with Gasteiger partial charge in [0.05, 0.1) is 19.4 Å². The molecule has 2 aromatic heterocycles. The second-order valence-corrected chi connectivity index (χ2v) is 5.09. The van der Waals surface area contributed by atoms with Gasteiger partial charge in [0.1, 0.15) is 6.54 Å². The average Bonchev–Trinajstić information content (AvgIpc) is 2.92. The third-order valence-electron chi connectivity index (χ3n) is 3.37. The standard InChI is InChI=1S/C12H16F2N6O3.ClH/c1-18-9-8(10(22)19(2)11(18)23)20(6-17-9)3-7(21)16-5-12(13,14)4-15;/h6H,3-5,15H2,1-2H3,(H,16,21);1H. The number of hydrogen-bond acceptors (Lipinski definition) is 5. The number of carbonyl (C=O) groups is 1. The van der Waals surface area contributed by atoms with E-state index in [1.165, 1.54) is 25.0 Å². The number of amides is 1. The van der Waals surface area contributed by atoms with Crippen molar-refractivity contribution in [2.45, 2.75) is 12.5 Å². The van der Waals surface area contributed by atoms with Crippen molar-refractivity contribution in [3.05, 3.63) is 27.2 Å². The Labute approximate surface area is 140 Å². The molecule has 0 spiro atoms. The number of fused-ring (bicyclic) bond motifs is 1. The zero-order chi connectivity index (χ0) is 17.4. The molecule has 24 heavy (non-hydrogen) atoms. The van der Waals surface area contributed by atoms with Crippen LogP contribution in [0.25, 0.3) is 11.2 Å². The van der Waals surface area contributed by atoms with Crippen LogP contribution < -0.4 is 22.3 Å². The molecule has 0 saturated carbocycles. The number of halogens is 3. The lowest BCUT2D eigenvalue weighted by molar-refractivity contribution is -0.123. The first-order valence-electron chi connectivity index (χ1n) is 6.63. The van der Waals surface area contributed by atoms with E-state index in [9.17, 15) is 23.2 Å². The van der Waals surface area contributed by atoms with E-state index in [1.807, 2.05) is 5.32 Å². The van der Waals surface area contributed by atoms with Crippen LogP contribution in [0.15, 0.2) is 15.9 Å². The number of rotatable bonds is 5. The van der Waals surface area contributed by atoms with Gasteiger partial charge in [-0.3, -0.25) is 18.7 Å². The minimum absolute atomic E-state index is 0. The monoisotopic (exact) mass is 366 g/mol. The SMILES string of the molecule is Cl.Cn1c(=O)c2c(ncn2CC(=O)NCC(F)(F)CN)n(C)c1=O. The van der Waals surface area contributed by atoms with Crippen molar-refractivity contribution < 1.29 is 13.6 Å². The number of aryl methyl sites for hydroxylation is 1. The fraction of sp³-hybridized carbons (Fsp3) is 0.500. The number of aromatic nitrogens is 4. The van der Waals surface area contributed by atoms with E-state index in [2.05, 4.69) is 4.98 Å². The molecular formula is C12H17ClF2N6O3. The van der Waals surface area contributed by atoms with Gasteiger partial charge in [-0.15, -0.1) is 12.4 Å². The molecule has 0 aliphatic heterocycles. The Bertz CT molecular complexity index is 872. The molecule has 2 heterocycles. The lowest BCUT2D eigenvalue weighted by Crippen LogP contribution is -2.42. The Balaban J connectivity index is 0.00000288. The van der Waals surface area contributed by atoms with Crippen molar-refractivity contribution in [2.24, 2.45) is 19.8 Å². The van der Waals surface area contributed by atoms with Gasteiger partial charge < -0.3 is 15.6 Å². The molecule has 0 aliphatic carbocycles. The Morgan fingerprint density at radius 2 is 1.96 bits per heavy atom. The van der Waals surface area contributed by atoms with Crippen LogP contribution in [0, 0.1) is 0 Å². The first-order chi connectivity index (χ1) is 10.7. The van der Waals surface area contributed by atoms with E-state index in [4.69, 9.17) is 5.73 Å². The van der Waals surface area contributed by atoms with Crippen molar-refractivity contribution in [1.29, 1.82) is 0 Å². The predicted octanol–water partition coefficient (Wildman–Crippen LogP) is -1.43. The van der Waals surface area contributed by atoms with Crippen molar-refractivity contribution >= 4 is 29.5 Å². The molecule has 12 heteroatoms. The number of alkyl halides is 2. The van der Waals surface area contributed by atoms with E-state index in [0.29, 0.717) is 0 Å². The molecule has 3 N–H and O–H groups in total. The average molecular weight is 367 g/mol. The molecule has 0 unspecified atom stereocenters. The highest BCUT2D eigenvalue weighted by Crippen LogP contribution is 2.09. The Hall–Kier alpha value is -2.27. The molecule has 2 aromatic rings. The number of nitrogens with one attached hydrogen (secondary N) is 1. The number of hydrogen-bond donors (Lipinski definition) is 2. The first kappa shape index (κ1) is 19.8. The third-order valence-corrected chi connectivity index (χ3v) is 3.37. The summed E-state index contributed by atoms with van der Waals surface area (Å²) in [4.78, 5) is 39.6. The van der Waals surface area contributed by atoms with Gasteiger partial charge in [-0.1, -0.05) is 0 Å². The molecule has 134 valence electrons. The normalized spacial score (nSPS) is 11.4. The van der Waals surface area contributed by atoms with Crippen molar-refractivity contribution in [1.82, 2.24) is 24.0 Å². The largest absolute Gasteiger partial charge is 0.348 e. The first-order valence-corrected chi connectivity index (χ1v) is 6.63. The van der Waals surface area contributed by atoms with Crippen LogP contribution in [0.5, 0.6) is 0 Å². The smallest absolute Gasteiger partial charge is 0.332 e. The molecule has 2 rings (SSSR count). The maximum Gasteiger partial charge on any atom is 0.332 e. The minimum Gasteiger partial charge on any atom is -0.348 e. The molecule has 0 bridgehead atoms. The molecule has 0 atom stereocenters. The summed E-state index contributed by atoms with van der Waals surface area (Å²) in [7, 11) is 2.73. The predicted molar refractivity (Wildman–Crippen MR) is 84.5 cm³/mol. The van der Waals surface area contributed by atoms with Crippen LogP contribution in [-0.4, -0.2) is 43.6 Å². The van der Waals surface area contributed by atoms with E-state index in [1.54, 1.807) is 0 Å². The second kappa shape index (κ2) is 7.09. The van der Waals surface area contributed by atoms with Gasteiger partial charge in [0.15, 0.2) is 11.2 Å². The lowest BCUT2D eigenvalue weighted by Gasteiger charge is -2.14. The highest BCUT2D eigenvalue weighted by atomic mass is 35.5. The summed E-state index contributed by atoms with van der Waals surface area (Å²) in [6.07, 6.45) is 1.20. The van der Waals surface area contributed by atoms with E-state index < -0.39 is 36.2 Å². The molecule has 0 fully saturated rings. The van der Waals surface area contributed by atoms with Gasteiger partial charge in [0.25, 0.3) is 11.5 Å².